The van der Waals surface area contributed by atoms with Crippen LogP contribution in [0.25, 0.3) is 0 Å². The van der Waals surface area contributed by atoms with E-state index in [-0.39, 0.29) is 11.6 Å². The number of likely N-dealkylation sites (tertiary alicyclic amines) is 2. The summed E-state index contributed by atoms with van der Waals surface area (Å²) in [7, 11) is 0. The topological polar surface area (TPSA) is 60.9 Å². The van der Waals surface area contributed by atoms with Gasteiger partial charge >= 0.3 is 12.0 Å². The van der Waals surface area contributed by atoms with Gasteiger partial charge in [-0.2, -0.15) is 0 Å². The van der Waals surface area contributed by atoms with Crippen LogP contribution in [0.1, 0.15) is 52.4 Å². The molecular formula is C14H24N2O3. The number of nitrogens with zero attached hydrogens (tertiary/aromatic N) is 2. The van der Waals surface area contributed by atoms with E-state index in [4.69, 9.17) is 0 Å². The van der Waals surface area contributed by atoms with Gasteiger partial charge in [0.05, 0.1) is 0 Å². The molecule has 19 heavy (non-hydrogen) atoms. The summed E-state index contributed by atoms with van der Waals surface area (Å²) in [5.74, 6) is -0.868. The first kappa shape index (κ1) is 14.2. The molecule has 0 aromatic carbocycles. The van der Waals surface area contributed by atoms with Gasteiger partial charge < -0.3 is 14.9 Å². The Kier molecular flexibility index (Phi) is 4.02. The number of hydrogen-bond acceptors (Lipinski definition) is 2. The molecule has 2 fully saturated rings. The lowest BCUT2D eigenvalue weighted by Crippen LogP contribution is -2.54. The maximum absolute atomic E-state index is 12.7. The zero-order chi connectivity index (χ0) is 14.0. The highest BCUT2D eigenvalue weighted by molar-refractivity contribution is 5.83. The molecule has 108 valence electrons. The van der Waals surface area contributed by atoms with Crippen molar-refractivity contribution in [2.45, 2.75) is 64.0 Å². The molecule has 0 radical (unpaired) electrons. The van der Waals surface area contributed by atoms with Crippen molar-refractivity contribution >= 4 is 12.0 Å². The molecule has 0 bridgehead atoms. The van der Waals surface area contributed by atoms with E-state index < -0.39 is 12.0 Å². The lowest BCUT2D eigenvalue weighted by atomic mass is 10.0. The predicted molar refractivity (Wildman–Crippen MR) is 72.0 cm³/mol. The van der Waals surface area contributed by atoms with Gasteiger partial charge in [-0.25, -0.2) is 9.59 Å². The van der Waals surface area contributed by atoms with Crippen LogP contribution in [-0.2, 0) is 4.79 Å². The summed E-state index contributed by atoms with van der Waals surface area (Å²) in [4.78, 5) is 27.5. The van der Waals surface area contributed by atoms with Crippen molar-refractivity contribution < 1.29 is 14.7 Å². The van der Waals surface area contributed by atoms with Crippen LogP contribution in [0.2, 0.25) is 0 Å². The molecule has 0 aromatic rings. The summed E-state index contributed by atoms with van der Waals surface area (Å²) in [6.07, 6.45) is 5.38. The maximum atomic E-state index is 12.7. The summed E-state index contributed by atoms with van der Waals surface area (Å²) in [6.45, 7) is 5.44. The third kappa shape index (κ3) is 2.85. The summed E-state index contributed by atoms with van der Waals surface area (Å²) in [5, 5.41) is 9.34. The van der Waals surface area contributed by atoms with Gasteiger partial charge in [-0.3, -0.25) is 0 Å². The summed E-state index contributed by atoms with van der Waals surface area (Å²) in [6, 6.07) is -0.733. The number of carboxylic acids is 1. The monoisotopic (exact) mass is 268 g/mol. The Bertz CT molecular complexity index is 368. The third-order valence-electron chi connectivity index (χ3n) is 4.42. The molecule has 0 aliphatic carbocycles. The van der Waals surface area contributed by atoms with Gasteiger partial charge in [0.1, 0.15) is 6.04 Å². The van der Waals surface area contributed by atoms with Crippen molar-refractivity contribution in [3.63, 3.8) is 0 Å². The second-order valence-electron chi connectivity index (χ2n) is 6.25. The van der Waals surface area contributed by atoms with Crippen LogP contribution in [0, 0.1) is 0 Å². The molecule has 1 unspecified atom stereocenters. The van der Waals surface area contributed by atoms with Crippen LogP contribution in [0.5, 0.6) is 0 Å². The third-order valence-corrected chi connectivity index (χ3v) is 4.42. The average Bonchev–Trinajstić information content (AvgIpc) is 2.57. The number of rotatable bonds is 1. The first-order valence-corrected chi connectivity index (χ1v) is 7.24. The Hall–Kier alpha value is -1.26. The molecule has 2 heterocycles. The fourth-order valence-electron chi connectivity index (χ4n) is 3.21. The summed E-state index contributed by atoms with van der Waals surface area (Å²) < 4.78 is 0. The Morgan fingerprint density at radius 1 is 1.11 bits per heavy atom. The molecule has 1 N–H and O–H groups in total. The zero-order valence-corrected chi connectivity index (χ0v) is 11.9. The number of carboxylic acid groups (broad SMARTS) is 1. The van der Waals surface area contributed by atoms with E-state index in [2.05, 4.69) is 13.8 Å². The van der Waals surface area contributed by atoms with E-state index in [1.54, 1.807) is 4.90 Å². The van der Waals surface area contributed by atoms with Gasteiger partial charge in [0.25, 0.3) is 0 Å². The van der Waals surface area contributed by atoms with Crippen LogP contribution < -0.4 is 0 Å². The number of hydrogen-bond donors (Lipinski definition) is 1. The minimum Gasteiger partial charge on any atom is -0.480 e. The number of urea groups is 1. The van der Waals surface area contributed by atoms with Gasteiger partial charge in [-0.15, -0.1) is 0 Å². The maximum Gasteiger partial charge on any atom is 0.326 e. The molecule has 2 amide bonds. The number of amides is 2. The van der Waals surface area contributed by atoms with Crippen molar-refractivity contribution in [1.29, 1.82) is 0 Å². The molecule has 0 aromatic heterocycles. The van der Waals surface area contributed by atoms with E-state index >= 15 is 0 Å². The standard InChI is InChI=1S/C14H24N2O3/c1-14(2)8-6-10-16(14)13(19)15-9-5-3-4-7-11(15)12(17)18/h11H,3-10H2,1-2H3,(H,17,18). The van der Waals surface area contributed by atoms with E-state index in [1.165, 1.54) is 0 Å². The number of aliphatic carboxylic acids is 1. The van der Waals surface area contributed by atoms with Crippen LogP contribution in [-0.4, -0.2) is 51.6 Å². The minimum absolute atomic E-state index is 0.0863. The lowest BCUT2D eigenvalue weighted by molar-refractivity contribution is -0.142. The van der Waals surface area contributed by atoms with Gasteiger partial charge in [-0.1, -0.05) is 12.8 Å². The molecule has 1 atom stereocenters. The normalized spacial score (nSPS) is 27.2. The van der Waals surface area contributed by atoms with Crippen molar-refractivity contribution in [2.24, 2.45) is 0 Å². The van der Waals surface area contributed by atoms with E-state index in [0.29, 0.717) is 13.0 Å². The lowest BCUT2D eigenvalue weighted by Gasteiger charge is -2.38. The Labute approximate surface area is 114 Å². The van der Waals surface area contributed by atoms with Crippen molar-refractivity contribution in [1.82, 2.24) is 9.80 Å². The average molecular weight is 268 g/mol. The molecule has 2 aliphatic heterocycles. The summed E-state index contributed by atoms with van der Waals surface area (Å²) in [5.41, 5.74) is -0.146. The highest BCUT2D eigenvalue weighted by Gasteiger charge is 2.40. The van der Waals surface area contributed by atoms with Crippen LogP contribution >= 0.6 is 0 Å². The molecule has 2 rings (SSSR count). The molecular weight excluding hydrogens is 244 g/mol. The van der Waals surface area contributed by atoms with Gasteiger partial charge in [0.15, 0.2) is 0 Å². The van der Waals surface area contributed by atoms with Crippen molar-refractivity contribution in [2.75, 3.05) is 13.1 Å². The molecule has 2 aliphatic rings. The SMILES string of the molecule is CC1(C)CCCN1C(=O)N1CCCCCC1C(=O)O. The van der Waals surface area contributed by atoms with Crippen molar-refractivity contribution in [3.05, 3.63) is 0 Å². The fourth-order valence-corrected chi connectivity index (χ4v) is 3.21. The molecule has 2 saturated heterocycles. The zero-order valence-electron chi connectivity index (χ0n) is 11.9. The van der Waals surface area contributed by atoms with Gasteiger partial charge in [-0.05, 0) is 39.5 Å². The van der Waals surface area contributed by atoms with Crippen LogP contribution in [0.4, 0.5) is 4.79 Å². The summed E-state index contributed by atoms with van der Waals surface area (Å²) >= 11 is 0. The Morgan fingerprint density at radius 3 is 2.42 bits per heavy atom. The number of carbonyl (C=O) groups is 2. The highest BCUT2D eigenvalue weighted by Crippen LogP contribution is 2.30. The first-order chi connectivity index (χ1) is 8.93. The first-order valence-electron chi connectivity index (χ1n) is 7.24. The van der Waals surface area contributed by atoms with Gasteiger partial charge in [0.2, 0.25) is 0 Å². The van der Waals surface area contributed by atoms with Crippen LogP contribution in [0.15, 0.2) is 0 Å². The van der Waals surface area contributed by atoms with Gasteiger partial charge in [0, 0.05) is 18.6 Å². The predicted octanol–water partition coefficient (Wildman–Crippen LogP) is 2.31. The fraction of sp³-hybridized carbons (Fsp3) is 0.857. The number of carbonyl (C=O) groups excluding carboxylic acids is 1. The van der Waals surface area contributed by atoms with Crippen LogP contribution in [0.3, 0.4) is 0 Å². The molecule has 5 heteroatoms. The Balaban J connectivity index is 2.17. The van der Waals surface area contributed by atoms with E-state index in [0.717, 1.165) is 38.6 Å². The van der Waals surface area contributed by atoms with E-state index in [9.17, 15) is 14.7 Å². The smallest absolute Gasteiger partial charge is 0.326 e. The highest BCUT2D eigenvalue weighted by atomic mass is 16.4. The second-order valence-corrected chi connectivity index (χ2v) is 6.25. The Morgan fingerprint density at radius 2 is 1.84 bits per heavy atom. The minimum atomic E-state index is -0.868. The van der Waals surface area contributed by atoms with Crippen molar-refractivity contribution in [3.8, 4) is 0 Å². The molecule has 0 saturated carbocycles. The molecule has 5 nitrogen and oxygen atoms in total. The quantitative estimate of drug-likeness (QED) is 0.794. The van der Waals surface area contributed by atoms with E-state index in [1.807, 2.05) is 4.90 Å². The molecule has 0 spiro atoms. The second kappa shape index (κ2) is 5.39. The largest absolute Gasteiger partial charge is 0.480 e.